The number of hydrogen-bond acceptors (Lipinski definition) is 5. The molecular weight excluding hydrogens is 368 g/mol. The molecule has 0 amide bonds. The van der Waals surface area contributed by atoms with Gasteiger partial charge < -0.3 is 0 Å². The van der Waals surface area contributed by atoms with Crippen LogP contribution >= 0.6 is 23.4 Å². The standard InChI is InChI=1S/C19H17ClN4OS/c20-14-5-7-15(8-6-14)24-18(13-9-11-21-12-10-13)22-23-19(24)26-17-4-2-1-3-16(17)25/h5-12,17H,1-4H2/t17-/m0/s1. The third-order valence-corrected chi connectivity index (χ3v) is 5.91. The summed E-state index contributed by atoms with van der Waals surface area (Å²) in [7, 11) is 0. The van der Waals surface area contributed by atoms with Crippen LogP contribution in [0.2, 0.25) is 5.02 Å². The van der Waals surface area contributed by atoms with Crippen molar-refractivity contribution in [1.82, 2.24) is 19.7 Å². The van der Waals surface area contributed by atoms with Gasteiger partial charge in [0.2, 0.25) is 0 Å². The Bertz CT molecular complexity index is 911. The first kappa shape index (κ1) is 17.2. The van der Waals surface area contributed by atoms with Crippen molar-refractivity contribution in [3.05, 3.63) is 53.8 Å². The second kappa shape index (κ2) is 7.60. The summed E-state index contributed by atoms with van der Waals surface area (Å²) in [5.74, 6) is 1.03. The molecule has 132 valence electrons. The van der Waals surface area contributed by atoms with E-state index in [0.717, 1.165) is 41.5 Å². The van der Waals surface area contributed by atoms with E-state index in [1.807, 2.05) is 41.0 Å². The third-order valence-electron chi connectivity index (χ3n) is 4.40. The molecule has 1 saturated carbocycles. The third kappa shape index (κ3) is 3.52. The molecule has 0 spiro atoms. The minimum atomic E-state index is -0.0516. The fraction of sp³-hybridized carbons (Fsp3) is 0.263. The van der Waals surface area contributed by atoms with Gasteiger partial charge in [0.15, 0.2) is 11.0 Å². The number of aromatic nitrogens is 4. The highest BCUT2D eigenvalue weighted by Crippen LogP contribution is 2.34. The number of halogens is 1. The molecule has 0 radical (unpaired) electrons. The van der Waals surface area contributed by atoms with E-state index in [1.54, 1.807) is 12.4 Å². The smallest absolute Gasteiger partial charge is 0.196 e. The molecule has 1 aliphatic rings. The molecule has 2 aromatic heterocycles. The van der Waals surface area contributed by atoms with Crippen LogP contribution in [0.1, 0.15) is 25.7 Å². The van der Waals surface area contributed by atoms with Gasteiger partial charge >= 0.3 is 0 Å². The van der Waals surface area contributed by atoms with Crippen molar-refractivity contribution in [3.8, 4) is 17.1 Å². The maximum absolute atomic E-state index is 12.3. The largest absolute Gasteiger partial charge is 0.298 e. The number of nitrogens with zero attached hydrogens (tertiary/aromatic N) is 4. The molecule has 2 heterocycles. The highest BCUT2D eigenvalue weighted by atomic mass is 35.5. The Morgan fingerprint density at radius 3 is 2.54 bits per heavy atom. The molecule has 3 aromatic rings. The SMILES string of the molecule is O=C1CCCC[C@@H]1Sc1nnc(-c2ccncc2)n1-c1ccc(Cl)cc1. The van der Waals surface area contributed by atoms with Crippen LogP contribution in [0.25, 0.3) is 17.1 Å². The van der Waals surface area contributed by atoms with Crippen LogP contribution in [-0.2, 0) is 4.79 Å². The molecule has 26 heavy (non-hydrogen) atoms. The number of carbonyl (C=O) groups is 1. The van der Waals surface area contributed by atoms with E-state index in [4.69, 9.17) is 11.6 Å². The van der Waals surface area contributed by atoms with E-state index in [2.05, 4.69) is 15.2 Å². The Morgan fingerprint density at radius 2 is 1.81 bits per heavy atom. The molecule has 0 unspecified atom stereocenters. The molecule has 1 aliphatic carbocycles. The first-order valence-corrected chi connectivity index (χ1v) is 9.79. The highest BCUT2D eigenvalue weighted by molar-refractivity contribution is 8.00. The quantitative estimate of drug-likeness (QED) is 0.658. The van der Waals surface area contributed by atoms with Crippen molar-refractivity contribution < 1.29 is 4.79 Å². The van der Waals surface area contributed by atoms with Gasteiger partial charge in [-0.3, -0.25) is 14.3 Å². The van der Waals surface area contributed by atoms with E-state index in [0.29, 0.717) is 17.2 Å². The zero-order chi connectivity index (χ0) is 17.9. The first-order chi connectivity index (χ1) is 12.7. The lowest BCUT2D eigenvalue weighted by molar-refractivity contribution is -0.119. The van der Waals surface area contributed by atoms with Crippen LogP contribution in [-0.4, -0.2) is 30.8 Å². The monoisotopic (exact) mass is 384 g/mol. The lowest BCUT2D eigenvalue weighted by Crippen LogP contribution is -2.21. The predicted molar refractivity (Wildman–Crippen MR) is 103 cm³/mol. The van der Waals surface area contributed by atoms with Gasteiger partial charge in [0.1, 0.15) is 5.78 Å². The Hall–Kier alpha value is -2.18. The van der Waals surface area contributed by atoms with Gasteiger partial charge in [0, 0.05) is 35.1 Å². The number of carbonyl (C=O) groups excluding carboxylic acids is 1. The van der Waals surface area contributed by atoms with Crippen LogP contribution in [0, 0.1) is 0 Å². The molecule has 1 atom stereocenters. The number of Topliss-reactive ketones (excluding diaryl/α,β-unsaturated/α-hetero) is 1. The summed E-state index contributed by atoms with van der Waals surface area (Å²) in [5, 5.41) is 10.1. The number of benzene rings is 1. The van der Waals surface area contributed by atoms with Gasteiger partial charge in [-0.05, 0) is 49.2 Å². The number of pyridine rings is 1. The molecule has 5 nitrogen and oxygen atoms in total. The van der Waals surface area contributed by atoms with Crippen LogP contribution in [0.4, 0.5) is 0 Å². The van der Waals surface area contributed by atoms with Crippen molar-refractivity contribution in [2.45, 2.75) is 36.1 Å². The van der Waals surface area contributed by atoms with Gasteiger partial charge in [-0.15, -0.1) is 10.2 Å². The van der Waals surface area contributed by atoms with Crippen LogP contribution in [0.15, 0.2) is 53.9 Å². The van der Waals surface area contributed by atoms with Crippen LogP contribution in [0.3, 0.4) is 0 Å². The minimum absolute atomic E-state index is 0.0516. The molecule has 7 heteroatoms. The highest BCUT2D eigenvalue weighted by Gasteiger charge is 2.26. The molecule has 1 aromatic carbocycles. The van der Waals surface area contributed by atoms with E-state index in [-0.39, 0.29) is 5.25 Å². The number of rotatable bonds is 4. The maximum atomic E-state index is 12.3. The normalized spacial score (nSPS) is 17.4. The second-order valence-electron chi connectivity index (χ2n) is 6.17. The summed E-state index contributed by atoms with van der Waals surface area (Å²) in [4.78, 5) is 16.3. The Balaban J connectivity index is 1.77. The second-order valence-corrected chi connectivity index (χ2v) is 7.78. The number of ketones is 1. The molecule has 0 bridgehead atoms. The molecular formula is C19H17ClN4OS. The van der Waals surface area contributed by atoms with E-state index < -0.39 is 0 Å². The number of thioether (sulfide) groups is 1. The lowest BCUT2D eigenvalue weighted by atomic mass is 9.99. The summed E-state index contributed by atoms with van der Waals surface area (Å²) in [6, 6.07) is 11.3. The van der Waals surface area contributed by atoms with Gasteiger partial charge in [0.05, 0.1) is 5.25 Å². The Labute approximate surface area is 160 Å². The van der Waals surface area contributed by atoms with Gasteiger partial charge in [-0.25, -0.2) is 0 Å². The zero-order valence-electron chi connectivity index (χ0n) is 14.0. The van der Waals surface area contributed by atoms with Crippen molar-refractivity contribution in [3.63, 3.8) is 0 Å². The van der Waals surface area contributed by atoms with Gasteiger partial charge in [0.25, 0.3) is 0 Å². The summed E-state index contributed by atoms with van der Waals surface area (Å²) in [6.07, 6.45) is 7.07. The predicted octanol–water partition coefficient (Wildman–Crippen LogP) is 4.59. The Kier molecular flexibility index (Phi) is 5.04. The molecule has 0 N–H and O–H groups in total. The molecule has 0 aliphatic heterocycles. The van der Waals surface area contributed by atoms with Crippen molar-refractivity contribution >= 4 is 29.1 Å². The van der Waals surface area contributed by atoms with Gasteiger partial charge in [-0.2, -0.15) is 0 Å². The van der Waals surface area contributed by atoms with Crippen LogP contribution < -0.4 is 0 Å². The van der Waals surface area contributed by atoms with Crippen molar-refractivity contribution in [1.29, 1.82) is 0 Å². The van der Waals surface area contributed by atoms with E-state index >= 15 is 0 Å². The van der Waals surface area contributed by atoms with E-state index in [9.17, 15) is 4.79 Å². The molecule has 4 rings (SSSR count). The van der Waals surface area contributed by atoms with Crippen molar-refractivity contribution in [2.75, 3.05) is 0 Å². The maximum Gasteiger partial charge on any atom is 0.196 e. The van der Waals surface area contributed by atoms with Crippen molar-refractivity contribution in [2.24, 2.45) is 0 Å². The lowest BCUT2D eigenvalue weighted by Gasteiger charge is -2.20. The summed E-state index contributed by atoms with van der Waals surface area (Å²) < 4.78 is 1.98. The zero-order valence-corrected chi connectivity index (χ0v) is 15.6. The number of hydrogen-bond donors (Lipinski definition) is 0. The molecule has 1 fully saturated rings. The first-order valence-electron chi connectivity index (χ1n) is 8.53. The summed E-state index contributed by atoms with van der Waals surface area (Å²) in [5.41, 5.74) is 1.83. The summed E-state index contributed by atoms with van der Waals surface area (Å²) in [6.45, 7) is 0. The fourth-order valence-corrected chi connectivity index (χ4v) is 4.36. The topological polar surface area (TPSA) is 60.7 Å². The summed E-state index contributed by atoms with van der Waals surface area (Å²) >= 11 is 7.55. The van der Waals surface area contributed by atoms with Gasteiger partial charge in [-0.1, -0.05) is 29.8 Å². The fourth-order valence-electron chi connectivity index (χ4n) is 3.06. The van der Waals surface area contributed by atoms with E-state index in [1.165, 1.54) is 11.8 Å². The minimum Gasteiger partial charge on any atom is -0.298 e. The van der Waals surface area contributed by atoms with Crippen LogP contribution in [0.5, 0.6) is 0 Å². The average molecular weight is 385 g/mol. The Morgan fingerprint density at radius 1 is 1.04 bits per heavy atom. The average Bonchev–Trinajstić information content (AvgIpc) is 3.09. The molecule has 0 saturated heterocycles.